The first kappa shape index (κ1) is 15.3. The van der Waals surface area contributed by atoms with Gasteiger partial charge in [-0.05, 0) is 18.6 Å². The number of hydrogen-bond donors (Lipinski definition) is 0. The zero-order valence-corrected chi connectivity index (χ0v) is 13.3. The number of para-hydroxylation sites is 1. The van der Waals surface area contributed by atoms with Gasteiger partial charge in [0.1, 0.15) is 5.82 Å². The fourth-order valence-corrected chi connectivity index (χ4v) is 2.85. The number of hydrogen-bond acceptors (Lipinski definition) is 4. The summed E-state index contributed by atoms with van der Waals surface area (Å²) in [4.78, 5) is 32.4. The van der Waals surface area contributed by atoms with Crippen LogP contribution in [0.5, 0.6) is 0 Å². The van der Waals surface area contributed by atoms with Crippen molar-refractivity contribution in [2.24, 2.45) is 13.0 Å². The molecule has 1 saturated heterocycles. The predicted molar refractivity (Wildman–Crippen MR) is 89.7 cm³/mol. The molecule has 6 nitrogen and oxygen atoms in total. The van der Waals surface area contributed by atoms with Crippen LogP contribution >= 0.6 is 0 Å². The maximum absolute atomic E-state index is 12.7. The summed E-state index contributed by atoms with van der Waals surface area (Å²) < 4.78 is 1.44. The summed E-state index contributed by atoms with van der Waals surface area (Å²) in [5.74, 6) is 0.666. The first-order valence-corrected chi connectivity index (χ1v) is 7.66. The van der Waals surface area contributed by atoms with E-state index in [1.165, 1.54) is 17.0 Å². The van der Waals surface area contributed by atoms with Crippen LogP contribution in [-0.4, -0.2) is 35.6 Å². The highest BCUT2D eigenvalue weighted by Crippen LogP contribution is 2.24. The third kappa shape index (κ3) is 3.11. The summed E-state index contributed by atoms with van der Waals surface area (Å²) >= 11 is 0. The van der Waals surface area contributed by atoms with E-state index in [1.807, 2.05) is 35.2 Å². The second kappa shape index (κ2) is 6.24. The number of carbonyl (C=O) groups is 1. The molecule has 0 saturated carbocycles. The molecule has 0 spiro atoms. The summed E-state index contributed by atoms with van der Waals surface area (Å²) in [5, 5.41) is 0. The van der Waals surface area contributed by atoms with E-state index < -0.39 is 0 Å². The zero-order valence-electron chi connectivity index (χ0n) is 13.3. The van der Waals surface area contributed by atoms with Crippen molar-refractivity contribution in [2.75, 3.05) is 29.9 Å². The lowest BCUT2D eigenvalue weighted by atomic mass is 10.1. The summed E-state index contributed by atoms with van der Waals surface area (Å²) in [6, 6.07) is 11.1. The quantitative estimate of drug-likeness (QED) is 0.856. The van der Waals surface area contributed by atoms with Crippen molar-refractivity contribution in [1.29, 1.82) is 0 Å². The van der Waals surface area contributed by atoms with Crippen LogP contribution in [0.3, 0.4) is 0 Å². The van der Waals surface area contributed by atoms with Crippen LogP contribution in [0, 0.1) is 5.92 Å². The summed E-state index contributed by atoms with van der Waals surface area (Å²) in [6.45, 7) is 1.33. The second-order valence-electron chi connectivity index (χ2n) is 5.86. The lowest BCUT2D eigenvalue weighted by Gasteiger charge is -2.22. The number of benzene rings is 1. The van der Waals surface area contributed by atoms with Crippen molar-refractivity contribution >= 4 is 17.4 Å². The van der Waals surface area contributed by atoms with Crippen LogP contribution in [-0.2, 0) is 11.8 Å². The number of rotatable bonds is 3. The molecule has 120 valence electrons. The molecule has 0 bridgehead atoms. The van der Waals surface area contributed by atoms with E-state index in [0.29, 0.717) is 12.4 Å². The van der Waals surface area contributed by atoms with E-state index in [2.05, 4.69) is 4.98 Å². The Labute approximate surface area is 135 Å². The topological polar surface area (TPSA) is 58.4 Å². The normalized spacial score (nSPS) is 17.3. The lowest BCUT2D eigenvalue weighted by Crippen LogP contribution is -2.35. The lowest BCUT2D eigenvalue weighted by molar-refractivity contribution is -0.121. The van der Waals surface area contributed by atoms with Gasteiger partial charge in [-0.2, -0.15) is 0 Å². The molecule has 1 aliphatic rings. The Balaban J connectivity index is 1.70. The van der Waals surface area contributed by atoms with Gasteiger partial charge >= 0.3 is 0 Å². The fraction of sp³-hybridized carbons (Fsp3) is 0.353. The predicted octanol–water partition coefficient (Wildman–Crippen LogP) is 1.27. The number of nitrogens with zero attached hydrogens (tertiary/aromatic N) is 4. The first-order chi connectivity index (χ1) is 11.1. The average Bonchev–Trinajstić information content (AvgIpc) is 3.07. The first-order valence-electron chi connectivity index (χ1n) is 7.66. The minimum atomic E-state index is -0.0915. The molecule has 0 N–H and O–H groups in total. The van der Waals surface area contributed by atoms with Crippen LogP contribution in [0.2, 0.25) is 0 Å². The average molecular weight is 312 g/mol. The molecule has 2 heterocycles. The van der Waals surface area contributed by atoms with Crippen molar-refractivity contribution in [3.8, 4) is 0 Å². The second-order valence-corrected chi connectivity index (χ2v) is 5.86. The van der Waals surface area contributed by atoms with E-state index in [-0.39, 0.29) is 17.4 Å². The van der Waals surface area contributed by atoms with Gasteiger partial charge in [-0.15, -0.1) is 0 Å². The molecule has 1 aromatic heterocycles. The Morgan fingerprint density at radius 1 is 1.30 bits per heavy atom. The Bertz CT molecular complexity index is 757. The molecule has 2 aromatic rings. The zero-order chi connectivity index (χ0) is 16.4. The largest absolute Gasteiger partial charge is 0.356 e. The third-order valence-electron chi connectivity index (χ3n) is 4.30. The van der Waals surface area contributed by atoms with Gasteiger partial charge in [0.15, 0.2) is 0 Å². The summed E-state index contributed by atoms with van der Waals surface area (Å²) in [6.07, 6.45) is 2.29. The SMILES string of the molecule is CN(C(=O)C1CCN(c2cc(=O)n(C)cn2)C1)c1ccccc1. The minimum Gasteiger partial charge on any atom is -0.356 e. The van der Waals surface area contributed by atoms with E-state index in [9.17, 15) is 9.59 Å². The molecule has 1 fully saturated rings. The van der Waals surface area contributed by atoms with Crippen molar-refractivity contribution < 1.29 is 4.79 Å². The Hall–Kier alpha value is -2.63. The molecule has 6 heteroatoms. The van der Waals surface area contributed by atoms with Crippen LogP contribution in [0.15, 0.2) is 47.5 Å². The van der Waals surface area contributed by atoms with Gasteiger partial charge in [0.05, 0.1) is 12.2 Å². The molecule has 1 aliphatic heterocycles. The smallest absolute Gasteiger partial charge is 0.255 e. The number of amides is 1. The van der Waals surface area contributed by atoms with E-state index in [0.717, 1.165) is 18.7 Å². The maximum Gasteiger partial charge on any atom is 0.255 e. The molecular weight excluding hydrogens is 292 g/mol. The van der Waals surface area contributed by atoms with Gasteiger partial charge in [-0.3, -0.25) is 9.59 Å². The standard InChI is InChI=1S/C17H20N4O2/c1-19-12-18-15(10-16(19)22)21-9-8-13(11-21)17(23)20(2)14-6-4-3-5-7-14/h3-7,10,12-13H,8-9,11H2,1-2H3. The van der Waals surface area contributed by atoms with E-state index >= 15 is 0 Å². The van der Waals surface area contributed by atoms with Gasteiger partial charge in [-0.1, -0.05) is 18.2 Å². The highest BCUT2D eigenvalue weighted by molar-refractivity contribution is 5.95. The van der Waals surface area contributed by atoms with Gasteiger partial charge in [0, 0.05) is 38.9 Å². The molecule has 1 amide bonds. The van der Waals surface area contributed by atoms with E-state index in [1.54, 1.807) is 19.0 Å². The van der Waals surface area contributed by atoms with E-state index in [4.69, 9.17) is 0 Å². The maximum atomic E-state index is 12.7. The Morgan fingerprint density at radius 3 is 2.74 bits per heavy atom. The number of carbonyl (C=O) groups excluding carboxylic acids is 1. The van der Waals surface area contributed by atoms with Gasteiger partial charge in [0.25, 0.3) is 5.56 Å². The molecule has 1 unspecified atom stereocenters. The number of aryl methyl sites for hydroxylation is 1. The van der Waals surface area contributed by atoms with Crippen LogP contribution in [0.4, 0.5) is 11.5 Å². The highest BCUT2D eigenvalue weighted by atomic mass is 16.2. The molecule has 1 atom stereocenters. The van der Waals surface area contributed by atoms with Gasteiger partial charge in [0.2, 0.25) is 5.91 Å². The summed E-state index contributed by atoms with van der Waals surface area (Å²) in [5.41, 5.74) is 0.800. The van der Waals surface area contributed by atoms with Crippen molar-refractivity contribution in [1.82, 2.24) is 9.55 Å². The number of aromatic nitrogens is 2. The molecule has 0 aliphatic carbocycles. The van der Waals surface area contributed by atoms with Gasteiger partial charge in [-0.25, -0.2) is 4.98 Å². The number of anilines is 2. The van der Waals surface area contributed by atoms with Crippen LogP contribution in [0.1, 0.15) is 6.42 Å². The van der Waals surface area contributed by atoms with Crippen molar-refractivity contribution in [3.05, 3.63) is 53.1 Å². The Kier molecular flexibility index (Phi) is 4.14. The van der Waals surface area contributed by atoms with Crippen molar-refractivity contribution in [2.45, 2.75) is 6.42 Å². The fourth-order valence-electron chi connectivity index (χ4n) is 2.85. The van der Waals surface area contributed by atoms with Crippen molar-refractivity contribution in [3.63, 3.8) is 0 Å². The monoisotopic (exact) mass is 312 g/mol. The Morgan fingerprint density at radius 2 is 2.04 bits per heavy atom. The minimum absolute atomic E-state index is 0.0777. The third-order valence-corrected chi connectivity index (χ3v) is 4.30. The summed E-state index contributed by atoms with van der Waals surface area (Å²) in [7, 11) is 3.47. The molecular formula is C17H20N4O2. The molecule has 23 heavy (non-hydrogen) atoms. The molecule has 0 radical (unpaired) electrons. The van der Waals surface area contributed by atoms with Gasteiger partial charge < -0.3 is 14.4 Å². The molecule has 1 aromatic carbocycles. The molecule has 3 rings (SSSR count). The van der Waals surface area contributed by atoms with Crippen LogP contribution < -0.4 is 15.4 Å². The van der Waals surface area contributed by atoms with Crippen LogP contribution in [0.25, 0.3) is 0 Å². The highest BCUT2D eigenvalue weighted by Gasteiger charge is 2.31.